The van der Waals surface area contributed by atoms with Crippen molar-refractivity contribution in [2.24, 2.45) is 0 Å². The van der Waals surface area contributed by atoms with Crippen LogP contribution in [0.4, 0.5) is 17.6 Å². The monoisotopic (exact) mass is 561 g/mol. The Bertz CT molecular complexity index is 1400. The number of halogens is 4. The summed E-state index contributed by atoms with van der Waals surface area (Å²) in [4.78, 5) is 12.9. The van der Waals surface area contributed by atoms with E-state index in [0.717, 1.165) is 30.5 Å². The van der Waals surface area contributed by atoms with Crippen LogP contribution in [0.25, 0.3) is 0 Å². The Labute approximate surface area is 211 Å². The van der Waals surface area contributed by atoms with Gasteiger partial charge in [-0.15, -0.1) is 0 Å². The number of sulfone groups is 2. The fourth-order valence-corrected chi connectivity index (χ4v) is 5.75. The number of rotatable bonds is 10. The van der Waals surface area contributed by atoms with Gasteiger partial charge in [-0.05, 0) is 48.2 Å². The number of alkyl halides is 3. The molecule has 2 N–H and O–H groups in total. The van der Waals surface area contributed by atoms with E-state index in [-0.39, 0.29) is 23.3 Å². The summed E-state index contributed by atoms with van der Waals surface area (Å²) in [6.07, 6.45) is -3.47. The van der Waals surface area contributed by atoms with E-state index < -0.39 is 72.3 Å². The minimum atomic E-state index is -4.98. The van der Waals surface area contributed by atoms with Gasteiger partial charge in [-0.3, -0.25) is 10.1 Å². The van der Waals surface area contributed by atoms with Crippen molar-refractivity contribution in [3.05, 3.63) is 65.5 Å². The molecule has 3 rings (SSSR count). The molecule has 1 aliphatic carbocycles. The average molecular weight is 562 g/mol. The van der Waals surface area contributed by atoms with Gasteiger partial charge < -0.3 is 5.32 Å². The minimum absolute atomic E-state index is 0.0499. The minimum Gasteiger partial charge on any atom is -0.336 e. The highest BCUT2D eigenvalue weighted by Crippen LogP contribution is 2.36. The fraction of sp³-hybridized carbons (Fsp3) is 0.391. The van der Waals surface area contributed by atoms with Gasteiger partial charge in [-0.2, -0.15) is 18.4 Å². The SMILES string of the molecule is CS(=O)(=O)c1ccc(CS(=O)(=O)CC(N[C@H](c2ccc(F)cc2)C(F)(F)F)C(=O)NC2(C#N)CC2)cc1. The zero-order valence-electron chi connectivity index (χ0n) is 19.4. The van der Waals surface area contributed by atoms with E-state index in [1.807, 2.05) is 11.4 Å². The van der Waals surface area contributed by atoms with Gasteiger partial charge in [-0.25, -0.2) is 21.2 Å². The molecule has 200 valence electrons. The highest BCUT2D eigenvalue weighted by atomic mass is 32.2. The Morgan fingerprint density at radius 2 is 1.62 bits per heavy atom. The van der Waals surface area contributed by atoms with Crippen LogP contribution < -0.4 is 10.6 Å². The van der Waals surface area contributed by atoms with Gasteiger partial charge >= 0.3 is 6.18 Å². The molecule has 1 saturated carbocycles. The molecule has 0 saturated heterocycles. The molecule has 0 bridgehead atoms. The van der Waals surface area contributed by atoms with E-state index in [0.29, 0.717) is 0 Å². The second kappa shape index (κ2) is 10.4. The third-order valence-electron chi connectivity index (χ3n) is 5.70. The maximum Gasteiger partial charge on any atom is 0.407 e. The zero-order chi connectivity index (χ0) is 27.6. The van der Waals surface area contributed by atoms with Crippen molar-refractivity contribution in [1.82, 2.24) is 10.6 Å². The Hall–Kier alpha value is -3.02. The predicted molar refractivity (Wildman–Crippen MR) is 125 cm³/mol. The van der Waals surface area contributed by atoms with Crippen molar-refractivity contribution < 1.29 is 39.2 Å². The molecule has 1 fully saturated rings. The molecular weight excluding hydrogens is 538 g/mol. The number of benzene rings is 2. The number of nitrogens with one attached hydrogen (secondary N) is 2. The number of hydrogen-bond donors (Lipinski definition) is 2. The van der Waals surface area contributed by atoms with E-state index in [9.17, 15) is 44.5 Å². The first-order chi connectivity index (χ1) is 17.0. The maximum absolute atomic E-state index is 13.9. The summed E-state index contributed by atoms with van der Waals surface area (Å²) in [6.45, 7) is 0. The lowest BCUT2D eigenvalue weighted by Crippen LogP contribution is -2.54. The third-order valence-corrected chi connectivity index (χ3v) is 8.44. The lowest BCUT2D eigenvalue weighted by molar-refractivity contribution is -0.160. The highest BCUT2D eigenvalue weighted by Gasteiger charge is 2.48. The number of nitriles is 1. The first-order valence-corrected chi connectivity index (χ1v) is 14.6. The van der Waals surface area contributed by atoms with Crippen LogP contribution in [-0.4, -0.2) is 52.5 Å². The summed E-state index contributed by atoms with van der Waals surface area (Å²) < 4.78 is 104. The summed E-state index contributed by atoms with van der Waals surface area (Å²) in [7, 11) is -7.77. The molecular formula is C23H23F4N3O5S2. The Balaban J connectivity index is 1.88. The van der Waals surface area contributed by atoms with Gasteiger partial charge in [0.1, 0.15) is 23.4 Å². The lowest BCUT2D eigenvalue weighted by Gasteiger charge is -2.28. The molecule has 0 radical (unpaired) electrons. The first kappa shape index (κ1) is 28.5. The van der Waals surface area contributed by atoms with Crippen molar-refractivity contribution in [2.45, 2.75) is 47.3 Å². The summed E-state index contributed by atoms with van der Waals surface area (Å²) in [5.74, 6) is -3.62. The standard InChI is InChI=1S/C23H23F4N3O5S2/c1-36(32,33)18-8-2-15(3-9-18)12-37(34,35)13-19(21(31)30-22(14-28)10-11-22)29-20(23(25,26)27)16-4-6-17(24)7-5-16/h2-9,19-20,29H,10-13H2,1H3,(H,30,31)/t19?,20-/m1/s1. The quantitative estimate of drug-likeness (QED) is 0.426. The Morgan fingerprint density at radius 3 is 2.08 bits per heavy atom. The van der Waals surface area contributed by atoms with E-state index in [2.05, 4.69) is 5.32 Å². The second-order valence-electron chi connectivity index (χ2n) is 8.90. The Morgan fingerprint density at radius 1 is 1.05 bits per heavy atom. The molecule has 0 heterocycles. The number of carbonyl (C=O) groups excluding carboxylic acids is 1. The average Bonchev–Trinajstić information content (AvgIpc) is 3.56. The van der Waals surface area contributed by atoms with Gasteiger partial charge in [0.25, 0.3) is 0 Å². The second-order valence-corrected chi connectivity index (χ2v) is 13.0. The van der Waals surface area contributed by atoms with Crippen LogP contribution in [0, 0.1) is 17.1 Å². The lowest BCUT2D eigenvalue weighted by atomic mass is 10.0. The number of hydrogen-bond acceptors (Lipinski definition) is 7. The van der Waals surface area contributed by atoms with Crippen LogP contribution in [-0.2, 0) is 30.2 Å². The van der Waals surface area contributed by atoms with Crippen LogP contribution in [0.3, 0.4) is 0 Å². The molecule has 8 nitrogen and oxygen atoms in total. The molecule has 1 amide bonds. The largest absolute Gasteiger partial charge is 0.407 e. The summed E-state index contributed by atoms with van der Waals surface area (Å²) in [6, 6.07) is 5.67. The van der Waals surface area contributed by atoms with Crippen molar-refractivity contribution in [1.29, 1.82) is 5.26 Å². The van der Waals surface area contributed by atoms with Crippen molar-refractivity contribution in [3.8, 4) is 6.07 Å². The molecule has 14 heteroatoms. The van der Waals surface area contributed by atoms with Crippen LogP contribution >= 0.6 is 0 Å². The van der Waals surface area contributed by atoms with Gasteiger partial charge in [0, 0.05) is 6.26 Å². The molecule has 0 aliphatic heterocycles. The van der Waals surface area contributed by atoms with Gasteiger partial charge in [0.2, 0.25) is 5.91 Å². The van der Waals surface area contributed by atoms with Crippen molar-refractivity contribution in [3.63, 3.8) is 0 Å². The molecule has 2 atom stereocenters. The Kier molecular flexibility index (Phi) is 8.02. The normalized spacial score (nSPS) is 16.9. The number of amides is 1. The molecule has 1 aliphatic rings. The van der Waals surface area contributed by atoms with E-state index in [4.69, 9.17) is 0 Å². The summed E-state index contributed by atoms with van der Waals surface area (Å²) in [5, 5.41) is 13.6. The van der Waals surface area contributed by atoms with Crippen LogP contribution in [0.1, 0.15) is 30.0 Å². The molecule has 2 aromatic carbocycles. The smallest absolute Gasteiger partial charge is 0.336 e. The molecule has 2 aromatic rings. The van der Waals surface area contributed by atoms with E-state index in [1.54, 1.807) is 0 Å². The van der Waals surface area contributed by atoms with Gasteiger partial charge in [-0.1, -0.05) is 24.3 Å². The highest BCUT2D eigenvalue weighted by molar-refractivity contribution is 7.91. The molecule has 37 heavy (non-hydrogen) atoms. The molecule has 0 aromatic heterocycles. The fourth-order valence-electron chi connectivity index (χ4n) is 3.55. The van der Waals surface area contributed by atoms with Crippen LogP contribution in [0.5, 0.6) is 0 Å². The van der Waals surface area contributed by atoms with Crippen LogP contribution in [0.2, 0.25) is 0 Å². The number of carbonyl (C=O) groups is 1. The maximum atomic E-state index is 13.9. The third kappa shape index (κ3) is 7.73. The van der Waals surface area contributed by atoms with Crippen molar-refractivity contribution in [2.75, 3.05) is 12.0 Å². The van der Waals surface area contributed by atoms with Crippen LogP contribution in [0.15, 0.2) is 53.4 Å². The topological polar surface area (TPSA) is 133 Å². The zero-order valence-corrected chi connectivity index (χ0v) is 21.1. The van der Waals surface area contributed by atoms with E-state index >= 15 is 0 Å². The van der Waals surface area contributed by atoms with Crippen molar-refractivity contribution >= 4 is 25.6 Å². The summed E-state index contributed by atoms with van der Waals surface area (Å²) >= 11 is 0. The van der Waals surface area contributed by atoms with Gasteiger partial charge in [0.05, 0.1) is 22.5 Å². The molecule has 0 spiro atoms. The number of nitrogens with zero attached hydrogens (tertiary/aromatic N) is 1. The van der Waals surface area contributed by atoms with Gasteiger partial charge in [0.15, 0.2) is 19.7 Å². The van der Waals surface area contributed by atoms with E-state index in [1.165, 1.54) is 24.3 Å². The molecule has 1 unspecified atom stereocenters. The predicted octanol–water partition coefficient (Wildman–Crippen LogP) is 2.58. The first-order valence-electron chi connectivity index (χ1n) is 10.8. The summed E-state index contributed by atoms with van der Waals surface area (Å²) in [5.41, 5.74) is -1.55.